The SMILES string of the molecule is Cc1cc(-c2ccnn2C)c2cccc(OCc3c(Cl)cncc3CNC(=O)C3CCC(C)CC3)c2n1. The van der Waals surface area contributed by atoms with Crippen molar-refractivity contribution in [1.29, 1.82) is 0 Å². The van der Waals surface area contributed by atoms with Crippen LogP contribution in [0, 0.1) is 18.8 Å². The molecule has 3 aromatic heterocycles. The van der Waals surface area contributed by atoms with Crippen LogP contribution in [0.4, 0.5) is 0 Å². The van der Waals surface area contributed by atoms with Crippen LogP contribution in [0.3, 0.4) is 0 Å². The lowest BCUT2D eigenvalue weighted by atomic mass is 9.82. The number of rotatable bonds is 7. The van der Waals surface area contributed by atoms with Crippen molar-refractivity contribution in [1.82, 2.24) is 25.1 Å². The molecule has 37 heavy (non-hydrogen) atoms. The molecule has 8 heteroatoms. The van der Waals surface area contributed by atoms with E-state index in [1.165, 1.54) is 0 Å². The molecule has 0 saturated heterocycles. The number of carbonyl (C=O) groups is 1. The lowest BCUT2D eigenvalue weighted by molar-refractivity contribution is -0.126. The second-order valence-corrected chi connectivity index (χ2v) is 10.4. The first-order valence-electron chi connectivity index (χ1n) is 12.8. The molecule has 1 fully saturated rings. The topological polar surface area (TPSA) is 81.9 Å². The first-order valence-corrected chi connectivity index (χ1v) is 13.2. The van der Waals surface area contributed by atoms with Crippen LogP contribution in [0.1, 0.15) is 49.4 Å². The summed E-state index contributed by atoms with van der Waals surface area (Å²) in [7, 11) is 1.93. The first-order chi connectivity index (χ1) is 17.9. The highest BCUT2D eigenvalue weighted by molar-refractivity contribution is 6.31. The predicted molar refractivity (Wildman–Crippen MR) is 145 cm³/mol. The summed E-state index contributed by atoms with van der Waals surface area (Å²) < 4.78 is 8.16. The standard InChI is InChI=1S/C29H32ClN5O2/c1-18-7-9-20(10-8-18)29(36)32-15-21-14-31-16-25(30)24(21)17-37-27-6-4-5-22-23(13-19(2)34-28(22)27)26-11-12-33-35(26)3/h4-6,11-14,16,18,20H,7-10,15,17H2,1-3H3,(H,32,36). The third-order valence-electron chi connectivity index (χ3n) is 7.33. The zero-order valence-corrected chi connectivity index (χ0v) is 22.3. The van der Waals surface area contributed by atoms with Crippen molar-refractivity contribution in [3.63, 3.8) is 0 Å². The molecule has 0 atom stereocenters. The van der Waals surface area contributed by atoms with E-state index < -0.39 is 0 Å². The van der Waals surface area contributed by atoms with Crippen molar-refractivity contribution in [3.05, 3.63) is 70.8 Å². The number of aryl methyl sites for hydroxylation is 2. The van der Waals surface area contributed by atoms with E-state index in [9.17, 15) is 4.79 Å². The van der Waals surface area contributed by atoms with Crippen LogP contribution in [0.2, 0.25) is 5.02 Å². The Balaban J connectivity index is 1.36. The van der Waals surface area contributed by atoms with E-state index in [2.05, 4.69) is 28.4 Å². The fourth-order valence-electron chi connectivity index (χ4n) is 5.13. The number of carbonyl (C=O) groups excluding carboxylic acids is 1. The minimum absolute atomic E-state index is 0.0849. The molecule has 1 saturated carbocycles. The molecule has 0 spiro atoms. The number of pyridine rings is 2. The van der Waals surface area contributed by atoms with Crippen LogP contribution in [0.25, 0.3) is 22.2 Å². The Morgan fingerprint density at radius 2 is 2.00 bits per heavy atom. The third-order valence-corrected chi connectivity index (χ3v) is 7.66. The van der Waals surface area contributed by atoms with Crippen LogP contribution in [-0.2, 0) is 25.0 Å². The van der Waals surface area contributed by atoms with E-state index in [1.807, 2.05) is 42.9 Å². The Morgan fingerprint density at radius 1 is 1.19 bits per heavy atom. The number of nitrogens with one attached hydrogen (secondary N) is 1. The molecule has 0 radical (unpaired) electrons. The van der Waals surface area contributed by atoms with Crippen molar-refractivity contribution in [2.45, 2.75) is 52.7 Å². The number of amides is 1. The maximum atomic E-state index is 12.8. The zero-order chi connectivity index (χ0) is 25.9. The van der Waals surface area contributed by atoms with Crippen LogP contribution >= 0.6 is 11.6 Å². The number of aromatic nitrogens is 4. The molecular weight excluding hydrogens is 486 g/mol. The number of hydrogen-bond donors (Lipinski definition) is 1. The first kappa shape index (κ1) is 25.2. The molecule has 1 aromatic carbocycles. The highest BCUT2D eigenvalue weighted by Gasteiger charge is 2.24. The maximum Gasteiger partial charge on any atom is 0.223 e. The summed E-state index contributed by atoms with van der Waals surface area (Å²) in [5.41, 5.74) is 5.40. The van der Waals surface area contributed by atoms with Crippen LogP contribution < -0.4 is 10.1 Å². The Morgan fingerprint density at radius 3 is 2.76 bits per heavy atom. The lowest BCUT2D eigenvalue weighted by Gasteiger charge is -2.25. The van der Waals surface area contributed by atoms with E-state index in [4.69, 9.17) is 21.3 Å². The number of nitrogens with zero attached hydrogens (tertiary/aromatic N) is 4. The number of fused-ring (bicyclic) bond motifs is 1. The molecule has 1 aliphatic carbocycles. The molecular formula is C29H32ClN5O2. The minimum Gasteiger partial charge on any atom is -0.487 e. The Hall–Kier alpha value is -3.45. The second-order valence-electron chi connectivity index (χ2n) is 10.0. The van der Waals surface area contributed by atoms with Crippen LogP contribution in [-0.4, -0.2) is 25.7 Å². The summed E-state index contributed by atoms with van der Waals surface area (Å²) in [6.07, 6.45) is 9.27. The lowest BCUT2D eigenvalue weighted by Crippen LogP contribution is -2.32. The van der Waals surface area contributed by atoms with Gasteiger partial charge in [-0.25, -0.2) is 4.98 Å². The summed E-state index contributed by atoms with van der Waals surface area (Å²) in [6, 6.07) is 9.99. The molecule has 3 heterocycles. The molecule has 1 N–H and O–H groups in total. The maximum absolute atomic E-state index is 12.8. The normalized spacial score (nSPS) is 17.6. The summed E-state index contributed by atoms with van der Waals surface area (Å²) in [5, 5.41) is 8.93. The van der Waals surface area contributed by atoms with E-state index in [0.717, 1.165) is 64.7 Å². The van der Waals surface area contributed by atoms with Crippen LogP contribution in [0.5, 0.6) is 5.75 Å². The van der Waals surface area contributed by atoms with Gasteiger partial charge in [-0.2, -0.15) is 5.10 Å². The zero-order valence-electron chi connectivity index (χ0n) is 21.5. The van der Waals surface area contributed by atoms with Gasteiger partial charge in [0.25, 0.3) is 0 Å². The largest absolute Gasteiger partial charge is 0.487 e. The molecule has 0 bridgehead atoms. The number of para-hydroxylation sites is 1. The average molecular weight is 518 g/mol. The van der Waals surface area contributed by atoms with Crippen LogP contribution in [0.15, 0.2) is 48.9 Å². The van der Waals surface area contributed by atoms with Crippen molar-refractivity contribution in [2.75, 3.05) is 0 Å². The van der Waals surface area contributed by atoms with Crippen molar-refractivity contribution in [2.24, 2.45) is 18.9 Å². The quantitative estimate of drug-likeness (QED) is 0.324. The molecule has 7 nitrogen and oxygen atoms in total. The minimum atomic E-state index is 0.0849. The summed E-state index contributed by atoms with van der Waals surface area (Å²) in [4.78, 5) is 21.8. The summed E-state index contributed by atoms with van der Waals surface area (Å²) >= 11 is 6.55. The fraction of sp³-hybridized carbons (Fsp3) is 0.379. The highest BCUT2D eigenvalue weighted by atomic mass is 35.5. The number of ether oxygens (including phenoxy) is 1. The van der Waals surface area contributed by atoms with E-state index >= 15 is 0 Å². The smallest absolute Gasteiger partial charge is 0.223 e. The Labute approximate surface area is 222 Å². The van der Waals surface area contributed by atoms with Gasteiger partial charge < -0.3 is 10.1 Å². The van der Waals surface area contributed by atoms with Gasteiger partial charge in [-0.3, -0.25) is 14.5 Å². The van der Waals surface area contributed by atoms with Gasteiger partial charge in [0.05, 0.1) is 10.7 Å². The van der Waals surface area contributed by atoms with Gasteiger partial charge in [-0.05, 0) is 62.3 Å². The summed E-state index contributed by atoms with van der Waals surface area (Å²) in [5.74, 6) is 1.57. The number of halogens is 1. The van der Waals surface area contributed by atoms with E-state index in [-0.39, 0.29) is 18.4 Å². The van der Waals surface area contributed by atoms with E-state index in [1.54, 1.807) is 18.6 Å². The van der Waals surface area contributed by atoms with E-state index in [0.29, 0.717) is 23.2 Å². The van der Waals surface area contributed by atoms with Crippen molar-refractivity contribution < 1.29 is 9.53 Å². The molecule has 1 amide bonds. The highest BCUT2D eigenvalue weighted by Crippen LogP contribution is 2.34. The summed E-state index contributed by atoms with van der Waals surface area (Å²) in [6.45, 7) is 4.84. The Kier molecular flexibility index (Phi) is 7.42. The Bertz CT molecular complexity index is 1430. The number of benzene rings is 1. The van der Waals surface area contributed by atoms with Gasteiger partial charge >= 0.3 is 0 Å². The molecule has 4 aromatic rings. The van der Waals surface area contributed by atoms with Crippen molar-refractivity contribution in [3.8, 4) is 17.0 Å². The second kappa shape index (κ2) is 10.9. The monoisotopic (exact) mass is 517 g/mol. The van der Waals surface area contributed by atoms with Gasteiger partial charge in [0.2, 0.25) is 5.91 Å². The predicted octanol–water partition coefficient (Wildman–Crippen LogP) is 6.01. The van der Waals surface area contributed by atoms with Gasteiger partial charge in [-0.1, -0.05) is 30.7 Å². The molecule has 0 unspecified atom stereocenters. The fourth-order valence-corrected chi connectivity index (χ4v) is 5.36. The average Bonchev–Trinajstić information content (AvgIpc) is 3.32. The molecule has 0 aliphatic heterocycles. The molecule has 5 rings (SSSR count). The van der Waals surface area contributed by atoms with Gasteiger partial charge in [0, 0.05) is 60.3 Å². The third kappa shape index (κ3) is 5.47. The van der Waals surface area contributed by atoms with Gasteiger partial charge in [-0.15, -0.1) is 0 Å². The van der Waals surface area contributed by atoms with Gasteiger partial charge in [0.15, 0.2) is 0 Å². The molecule has 1 aliphatic rings. The number of hydrogen-bond acceptors (Lipinski definition) is 5. The van der Waals surface area contributed by atoms with Crippen molar-refractivity contribution >= 4 is 28.4 Å². The molecule has 192 valence electrons. The van der Waals surface area contributed by atoms with Gasteiger partial charge in [0.1, 0.15) is 17.9 Å².